The molecule has 6 nitrogen and oxygen atoms in total. The predicted molar refractivity (Wildman–Crippen MR) is 83.4 cm³/mol. The summed E-state index contributed by atoms with van der Waals surface area (Å²) in [6.45, 7) is 7.14. The molecule has 0 bridgehead atoms. The number of benzene rings is 1. The normalized spacial score (nSPS) is 16.2. The van der Waals surface area contributed by atoms with Crippen molar-refractivity contribution in [3.63, 3.8) is 0 Å². The highest BCUT2D eigenvalue weighted by molar-refractivity contribution is 6.33. The minimum Gasteiger partial charge on any atom is -0.383 e. The number of non-ortho nitro benzene ring substituents is 1. The lowest BCUT2D eigenvalue weighted by Crippen LogP contribution is -2.47. The van der Waals surface area contributed by atoms with Gasteiger partial charge in [-0.2, -0.15) is 0 Å². The molecule has 1 aromatic rings. The maximum Gasteiger partial charge on any atom is 0.271 e. The number of hydrogen-bond donors (Lipinski definition) is 0. The van der Waals surface area contributed by atoms with E-state index in [0.29, 0.717) is 5.02 Å². The molecule has 1 aliphatic rings. The van der Waals surface area contributed by atoms with E-state index in [2.05, 4.69) is 9.80 Å². The molecule has 0 aliphatic carbocycles. The van der Waals surface area contributed by atoms with E-state index in [1.54, 1.807) is 13.2 Å². The third-order valence-electron chi connectivity index (χ3n) is 3.75. The molecular formula is C14H20ClN3O3. The highest BCUT2D eigenvalue weighted by Gasteiger charge is 2.22. The maximum atomic E-state index is 10.9. The number of nitro benzene ring substituents is 1. The molecule has 0 N–H and O–H groups in total. The Kier molecular flexibility index (Phi) is 5.39. The minimum atomic E-state index is -0.411. The third kappa shape index (κ3) is 3.84. The van der Waals surface area contributed by atoms with Crippen LogP contribution in [0.1, 0.15) is 5.56 Å². The Morgan fingerprint density at radius 2 is 2.00 bits per heavy atom. The molecule has 1 aliphatic heterocycles. The van der Waals surface area contributed by atoms with E-state index in [4.69, 9.17) is 16.3 Å². The second-order valence-corrected chi connectivity index (χ2v) is 5.58. The first-order valence-corrected chi connectivity index (χ1v) is 7.31. The summed E-state index contributed by atoms with van der Waals surface area (Å²) in [5.41, 5.74) is 1.80. The Hall–Kier alpha value is -1.37. The van der Waals surface area contributed by atoms with Crippen molar-refractivity contribution in [2.45, 2.75) is 6.92 Å². The van der Waals surface area contributed by atoms with Crippen molar-refractivity contribution in [3.8, 4) is 0 Å². The van der Waals surface area contributed by atoms with E-state index >= 15 is 0 Å². The van der Waals surface area contributed by atoms with Gasteiger partial charge in [0.05, 0.1) is 22.2 Å². The molecule has 1 aromatic carbocycles. The molecule has 0 spiro atoms. The Morgan fingerprint density at radius 3 is 2.52 bits per heavy atom. The number of nitro groups is 1. The average Bonchev–Trinajstić information content (AvgIpc) is 2.45. The van der Waals surface area contributed by atoms with Crippen LogP contribution in [0.5, 0.6) is 0 Å². The highest BCUT2D eigenvalue weighted by Crippen LogP contribution is 2.34. The van der Waals surface area contributed by atoms with Gasteiger partial charge in [-0.3, -0.25) is 15.0 Å². The van der Waals surface area contributed by atoms with Gasteiger partial charge in [-0.1, -0.05) is 11.6 Å². The lowest BCUT2D eigenvalue weighted by Gasteiger charge is -2.37. The molecule has 1 saturated heterocycles. The smallest absolute Gasteiger partial charge is 0.271 e. The summed E-state index contributed by atoms with van der Waals surface area (Å²) < 4.78 is 5.09. The number of piperazine rings is 1. The summed E-state index contributed by atoms with van der Waals surface area (Å²) in [4.78, 5) is 15.0. The van der Waals surface area contributed by atoms with Crippen LogP contribution in [0.4, 0.5) is 11.4 Å². The largest absolute Gasteiger partial charge is 0.383 e. The molecule has 116 valence electrons. The number of rotatable bonds is 5. The topological polar surface area (TPSA) is 58.8 Å². The molecular weight excluding hydrogens is 294 g/mol. The molecule has 0 radical (unpaired) electrons. The predicted octanol–water partition coefficient (Wildman–Crippen LogP) is 2.33. The van der Waals surface area contributed by atoms with Gasteiger partial charge < -0.3 is 9.64 Å². The van der Waals surface area contributed by atoms with E-state index < -0.39 is 4.92 Å². The van der Waals surface area contributed by atoms with Crippen molar-refractivity contribution in [3.05, 3.63) is 32.8 Å². The van der Waals surface area contributed by atoms with Gasteiger partial charge in [-0.05, 0) is 12.5 Å². The van der Waals surface area contributed by atoms with E-state index in [1.807, 2.05) is 6.92 Å². The molecule has 0 atom stereocenters. The summed E-state index contributed by atoms with van der Waals surface area (Å²) in [7, 11) is 1.70. The van der Waals surface area contributed by atoms with Crippen molar-refractivity contribution in [2.24, 2.45) is 0 Å². The molecule has 21 heavy (non-hydrogen) atoms. The van der Waals surface area contributed by atoms with Crippen LogP contribution in [0.25, 0.3) is 0 Å². The second kappa shape index (κ2) is 7.06. The van der Waals surface area contributed by atoms with Crippen LogP contribution in [0.2, 0.25) is 5.02 Å². The Balaban J connectivity index is 2.08. The summed E-state index contributed by atoms with van der Waals surface area (Å²) in [6, 6.07) is 3.01. The lowest BCUT2D eigenvalue weighted by molar-refractivity contribution is -0.384. The summed E-state index contributed by atoms with van der Waals surface area (Å²) in [6.07, 6.45) is 0. The first-order chi connectivity index (χ1) is 10.0. The first-order valence-electron chi connectivity index (χ1n) is 6.93. The zero-order valence-electron chi connectivity index (χ0n) is 12.3. The molecule has 1 heterocycles. The van der Waals surface area contributed by atoms with Crippen LogP contribution in [0.15, 0.2) is 12.1 Å². The van der Waals surface area contributed by atoms with Crippen molar-refractivity contribution in [1.29, 1.82) is 0 Å². The average molecular weight is 314 g/mol. The van der Waals surface area contributed by atoms with Gasteiger partial charge in [0.25, 0.3) is 5.69 Å². The van der Waals surface area contributed by atoms with Gasteiger partial charge in [0.1, 0.15) is 0 Å². The van der Waals surface area contributed by atoms with Gasteiger partial charge in [-0.15, -0.1) is 0 Å². The molecule has 1 fully saturated rings. The van der Waals surface area contributed by atoms with E-state index in [-0.39, 0.29) is 5.69 Å². The number of nitrogens with zero attached hydrogens (tertiary/aromatic N) is 3. The number of halogens is 1. The van der Waals surface area contributed by atoms with Crippen LogP contribution in [0.3, 0.4) is 0 Å². The van der Waals surface area contributed by atoms with Crippen molar-refractivity contribution < 1.29 is 9.66 Å². The Morgan fingerprint density at radius 1 is 1.33 bits per heavy atom. The quantitative estimate of drug-likeness (QED) is 0.617. The van der Waals surface area contributed by atoms with Crippen LogP contribution in [-0.2, 0) is 4.74 Å². The van der Waals surface area contributed by atoms with Crippen molar-refractivity contribution in [1.82, 2.24) is 4.90 Å². The van der Waals surface area contributed by atoms with Gasteiger partial charge in [0.2, 0.25) is 0 Å². The van der Waals surface area contributed by atoms with E-state index in [1.165, 1.54) is 6.07 Å². The minimum absolute atomic E-state index is 0.0416. The van der Waals surface area contributed by atoms with Crippen LogP contribution >= 0.6 is 11.6 Å². The standard InChI is InChI=1S/C14H20ClN3O3/c1-11-9-12(18(19)20)10-13(15)14(11)17-5-3-16(4-6-17)7-8-21-2/h9-10H,3-8H2,1-2H3. The fourth-order valence-electron chi connectivity index (χ4n) is 2.64. The summed E-state index contributed by atoms with van der Waals surface area (Å²) in [5, 5.41) is 11.3. The molecule has 0 amide bonds. The number of hydrogen-bond acceptors (Lipinski definition) is 5. The number of aryl methyl sites for hydroxylation is 1. The van der Waals surface area contributed by atoms with E-state index in [9.17, 15) is 10.1 Å². The Bertz CT molecular complexity index is 493. The van der Waals surface area contributed by atoms with Gasteiger partial charge in [0.15, 0.2) is 0 Å². The fourth-order valence-corrected chi connectivity index (χ4v) is 3.02. The second-order valence-electron chi connectivity index (χ2n) is 5.17. The monoisotopic (exact) mass is 313 g/mol. The van der Waals surface area contributed by atoms with Crippen LogP contribution in [0, 0.1) is 17.0 Å². The number of methoxy groups -OCH3 is 1. The van der Waals surface area contributed by atoms with Crippen molar-refractivity contribution in [2.75, 3.05) is 51.3 Å². The van der Waals surface area contributed by atoms with Gasteiger partial charge in [0, 0.05) is 52.0 Å². The first kappa shape index (κ1) is 16.0. The van der Waals surface area contributed by atoms with Gasteiger partial charge >= 0.3 is 0 Å². The van der Waals surface area contributed by atoms with Crippen LogP contribution < -0.4 is 4.90 Å². The molecule has 2 rings (SSSR count). The molecule has 0 saturated carbocycles. The zero-order valence-corrected chi connectivity index (χ0v) is 13.1. The number of ether oxygens (including phenoxy) is 1. The maximum absolute atomic E-state index is 10.9. The fraction of sp³-hybridized carbons (Fsp3) is 0.571. The summed E-state index contributed by atoms with van der Waals surface area (Å²) in [5.74, 6) is 0. The number of anilines is 1. The highest BCUT2D eigenvalue weighted by atomic mass is 35.5. The zero-order chi connectivity index (χ0) is 15.4. The molecule has 0 unspecified atom stereocenters. The third-order valence-corrected chi connectivity index (χ3v) is 4.04. The molecule has 7 heteroatoms. The van der Waals surface area contributed by atoms with Crippen LogP contribution in [-0.4, -0.2) is 56.3 Å². The summed E-state index contributed by atoms with van der Waals surface area (Å²) >= 11 is 6.25. The lowest BCUT2D eigenvalue weighted by atomic mass is 10.1. The molecule has 0 aromatic heterocycles. The Labute approximate surface area is 129 Å². The SMILES string of the molecule is COCCN1CCN(c2c(C)cc([N+](=O)[O-])cc2Cl)CC1. The van der Waals surface area contributed by atoms with Crippen molar-refractivity contribution >= 4 is 23.0 Å². The van der Waals surface area contributed by atoms with Gasteiger partial charge in [-0.25, -0.2) is 0 Å². The van der Waals surface area contributed by atoms with E-state index in [0.717, 1.165) is 50.6 Å².